The van der Waals surface area contributed by atoms with Gasteiger partial charge >= 0.3 is 5.97 Å². The molecular formula is C15H18FNO3S. The van der Waals surface area contributed by atoms with E-state index in [1.165, 1.54) is 23.9 Å². The molecule has 0 atom stereocenters. The lowest BCUT2D eigenvalue weighted by molar-refractivity contribution is -0.138. The van der Waals surface area contributed by atoms with Gasteiger partial charge in [0.15, 0.2) is 0 Å². The Labute approximate surface area is 127 Å². The Bertz CT molecular complexity index is 558. The van der Waals surface area contributed by atoms with Crippen LogP contribution in [0.1, 0.15) is 24.8 Å². The molecule has 1 amide bonds. The number of hydrogen-bond acceptors (Lipinski definition) is 3. The van der Waals surface area contributed by atoms with E-state index in [0.717, 1.165) is 18.4 Å². The van der Waals surface area contributed by atoms with E-state index < -0.39 is 5.97 Å². The number of rotatable bonds is 7. The van der Waals surface area contributed by atoms with E-state index >= 15 is 0 Å². The number of aryl methyl sites for hydroxylation is 1. The van der Waals surface area contributed by atoms with Crippen LogP contribution in [0.2, 0.25) is 0 Å². The molecule has 0 radical (unpaired) electrons. The first-order valence-corrected chi connectivity index (χ1v) is 7.91. The van der Waals surface area contributed by atoms with Crippen molar-refractivity contribution in [2.24, 2.45) is 5.41 Å². The number of carbonyl (C=O) groups excluding carboxylic acids is 1. The summed E-state index contributed by atoms with van der Waals surface area (Å²) in [7, 11) is 0. The van der Waals surface area contributed by atoms with Crippen LogP contribution in [0, 0.1) is 18.2 Å². The lowest BCUT2D eigenvalue weighted by Gasteiger charge is -2.12. The van der Waals surface area contributed by atoms with E-state index in [9.17, 15) is 14.0 Å². The summed E-state index contributed by atoms with van der Waals surface area (Å²) in [6.07, 6.45) is 2.00. The van der Waals surface area contributed by atoms with Gasteiger partial charge in [0, 0.05) is 5.69 Å². The first kappa shape index (κ1) is 15.8. The molecule has 1 aromatic carbocycles. The van der Waals surface area contributed by atoms with Crippen molar-refractivity contribution in [3.8, 4) is 0 Å². The number of amides is 1. The molecule has 2 N–H and O–H groups in total. The van der Waals surface area contributed by atoms with Crippen LogP contribution in [-0.2, 0) is 9.59 Å². The van der Waals surface area contributed by atoms with E-state index in [1.807, 2.05) is 0 Å². The molecule has 1 aromatic rings. The maximum Gasteiger partial charge on any atom is 0.303 e. The van der Waals surface area contributed by atoms with Gasteiger partial charge in [-0.2, -0.15) is 11.8 Å². The molecule has 0 bridgehead atoms. The van der Waals surface area contributed by atoms with Crippen molar-refractivity contribution in [1.82, 2.24) is 0 Å². The summed E-state index contributed by atoms with van der Waals surface area (Å²) in [6, 6.07) is 4.26. The quantitative estimate of drug-likeness (QED) is 0.812. The Morgan fingerprint density at radius 1 is 1.43 bits per heavy atom. The summed E-state index contributed by atoms with van der Waals surface area (Å²) in [4.78, 5) is 22.6. The fourth-order valence-electron chi connectivity index (χ4n) is 2.15. The first-order valence-electron chi connectivity index (χ1n) is 6.76. The maximum absolute atomic E-state index is 13.1. The van der Waals surface area contributed by atoms with Crippen LogP contribution in [0.4, 0.5) is 10.1 Å². The molecule has 0 saturated heterocycles. The average molecular weight is 311 g/mol. The minimum absolute atomic E-state index is 0.119. The van der Waals surface area contributed by atoms with E-state index in [4.69, 9.17) is 5.11 Å². The van der Waals surface area contributed by atoms with Crippen LogP contribution in [-0.4, -0.2) is 28.5 Å². The third-order valence-corrected chi connectivity index (χ3v) is 4.88. The van der Waals surface area contributed by atoms with Crippen molar-refractivity contribution in [2.45, 2.75) is 26.2 Å². The summed E-state index contributed by atoms with van der Waals surface area (Å²) in [5.74, 6) is -0.443. The van der Waals surface area contributed by atoms with Crippen LogP contribution in [0.5, 0.6) is 0 Å². The number of hydrogen-bond donors (Lipinski definition) is 2. The summed E-state index contributed by atoms with van der Waals surface area (Å²) in [5, 5.41) is 11.5. The SMILES string of the molecule is Cc1ccc(F)cc1NC(=O)CSCC1(CC(=O)O)CC1. The Kier molecular flexibility index (Phi) is 4.88. The smallest absolute Gasteiger partial charge is 0.303 e. The van der Waals surface area contributed by atoms with Crippen molar-refractivity contribution in [2.75, 3.05) is 16.8 Å². The van der Waals surface area contributed by atoms with Gasteiger partial charge < -0.3 is 10.4 Å². The number of benzene rings is 1. The van der Waals surface area contributed by atoms with E-state index in [2.05, 4.69) is 5.32 Å². The summed E-state index contributed by atoms with van der Waals surface area (Å²) < 4.78 is 13.1. The van der Waals surface area contributed by atoms with Crippen LogP contribution in [0.3, 0.4) is 0 Å². The van der Waals surface area contributed by atoms with Gasteiger partial charge in [-0.15, -0.1) is 0 Å². The molecule has 114 valence electrons. The Hall–Kier alpha value is -1.56. The molecule has 1 aliphatic rings. The third-order valence-electron chi connectivity index (χ3n) is 3.60. The number of thioether (sulfide) groups is 1. The second-order valence-electron chi connectivity index (χ2n) is 5.57. The average Bonchev–Trinajstić information content (AvgIpc) is 3.12. The Balaban J connectivity index is 1.78. The van der Waals surface area contributed by atoms with Gasteiger partial charge in [-0.25, -0.2) is 4.39 Å². The van der Waals surface area contributed by atoms with Gasteiger partial charge in [-0.1, -0.05) is 6.07 Å². The number of nitrogens with one attached hydrogen (secondary N) is 1. The number of aliphatic carboxylic acids is 1. The highest BCUT2D eigenvalue weighted by atomic mass is 32.2. The van der Waals surface area contributed by atoms with E-state index in [0.29, 0.717) is 11.4 Å². The molecule has 0 spiro atoms. The second-order valence-corrected chi connectivity index (χ2v) is 6.56. The number of carbonyl (C=O) groups is 2. The number of anilines is 1. The highest BCUT2D eigenvalue weighted by Gasteiger charge is 2.44. The minimum atomic E-state index is -0.784. The molecule has 1 fully saturated rings. The lowest BCUT2D eigenvalue weighted by atomic mass is 10.1. The highest BCUT2D eigenvalue weighted by Crippen LogP contribution is 2.50. The number of carboxylic acid groups (broad SMARTS) is 1. The van der Waals surface area contributed by atoms with Crippen molar-refractivity contribution in [1.29, 1.82) is 0 Å². The van der Waals surface area contributed by atoms with Gasteiger partial charge in [0.25, 0.3) is 0 Å². The second kappa shape index (κ2) is 6.47. The summed E-state index contributed by atoms with van der Waals surface area (Å²) in [6.45, 7) is 1.80. The predicted octanol–water partition coefficient (Wildman–Crippen LogP) is 3.06. The van der Waals surface area contributed by atoms with Gasteiger partial charge in [-0.05, 0) is 48.6 Å². The fourth-order valence-corrected chi connectivity index (χ4v) is 3.33. The standard InChI is InChI=1S/C15H18FNO3S/c1-10-2-3-11(16)6-12(10)17-13(18)8-21-9-15(4-5-15)7-14(19)20/h2-3,6H,4-5,7-9H2,1H3,(H,17,18)(H,19,20). The predicted molar refractivity (Wildman–Crippen MR) is 81.0 cm³/mol. The largest absolute Gasteiger partial charge is 0.481 e. The number of carboxylic acids is 1. The zero-order valence-corrected chi connectivity index (χ0v) is 12.6. The Morgan fingerprint density at radius 2 is 2.14 bits per heavy atom. The summed E-state index contributed by atoms with van der Waals surface area (Å²) in [5.41, 5.74) is 1.16. The first-order chi connectivity index (χ1) is 9.90. The van der Waals surface area contributed by atoms with E-state index in [-0.39, 0.29) is 29.3 Å². The molecule has 4 nitrogen and oxygen atoms in total. The molecule has 0 heterocycles. The van der Waals surface area contributed by atoms with Gasteiger partial charge in [-0.3, -0.25) is 9.59 Å². The van der Waals surface area contributed by atoms with Gasteiger partial charge in [0.05, 0.1) is 12.2 Å². The maximum atomic E-state index is 13.1. The molecule has 6 heteroatoms. The molecule has 0 aliphatic heterocycles. The van der Waals surface area contributed by atoms with Crippen molar-refractivity contribution in [3.63, 3.8) is 0 Å². The fraction of sp³-hybridized carbons (Fsp3) is 0.467. The molecule has 21 heavy (non-hydrogen) atoms. The normalized spacial score (nSPS) is 15.5. The molecule has 1 saturated carbocycles. The van der Waals surface area contributed by atoms with Crippen LogP contribution in [0.15, 0.2) is 18.2 Å². The molecule has 2 rings (SSSR count). The topological polar surface area (TPSA) is 66.4 Å². The molecule has 0 unspecified atom stereocenters. The van der Waals surface area contributed by atoms with Gasteiger partial charge in [0.2, 0.25) is 5.91 Å². The minimum Gasteiger partial charge on any atom is -0.481 e. The number of halogens is 1. The van der Waals surface area contributed by atoms with Crippen LogP contribution >= 0.6 is 11.8 Å². The zero-order chi connectivity index (χ0) is 15.5. The van der Waals surface area contributed by atoms with Crippen molar-refractivity contribution >= 4 is 29.3 Å². The van der Waals surface area contributed by atoms with Gasteiger partial charge in [0.1, 0.15) is 5.82 Å². The monoisotopic (exact) mass is 311 g/mol. The van der Waals surface area contributed by atoms with Crippen LogP contribution in [0.25, 0.3) is 0 Å². The van der Waals surface area contributed by atoms with E-state index in [1.54, 1.807) is 13.0 Å². The molecule has 1 aliphatic carbocycles. The van der Waals surface area contributed by atoms with Crippen LogP contribution < -0.4 is 5.32 Å². The zero-order valence-electron chi connectivity index (χ0n) is 11.8. The highest BCUT2D eigenvalue weighted by molar-refractivity contribution is 8.00. The molecular weight excluding hydrogens is 293 g/mol. The van der Waals surface area contributed by atoms with Crippen molar-refractivity contribution in [3.05, 3.63) is 29.6 Å². The van der Waals surface area contributed by atoms with Crippen molar-refractivity contribution < 1.29 is 19.1 Å². The lowest BCUT2D eigenvalue weighted by Crippen LogP contribution is -2.17. The summed E-state index contributed by atoms with van der Waals surface area (Å²) >= 11 is 1.43. The molecule has 0 aromatic heterocycles. The third kappa shape index (κ3) is 4.74. The Morgan fingerprint density at radius 3 is 2.76 bits per heavy atom.